The predicted molar refractivity (Wildman–Crippen MR) is 66.9 cm³/mol. The van der Waals surface area contributed by atoms with Crippen LogP contribution in [0, 0.1) is 0 Å². The summed E-state index contributed by atoms with van der Waals surface area (Å²) in [6.07, 6.45) is 2.52. The molecule has 15 heavy (non-hydrogen) atoms. The van der Waals surface area contributed by atoms with Gasteiger partial charge in [0, 0.05) is 33.3 Å². The third-order valence-corrected chi connectivity index (χ3v) is 3.68. The minimum absolute atomic E-state index is 0.117. The van der Waals surface area contributed by atoms with Gasteiger partial charge in [0.05, 0.1) is 11.4 Å². The molecule has 0 aliphatic carbocycles. The van der Waals surface area contributed by atoms with Gasteiger partial charge >= 0.3 is 0 Å². The zero-order chi connectivity index (χ0) is 11.3. The van der Waals surface area contributed by atoms with E-state index in [1.807, 2.05) is 19.1 Å². The zero-order valence-electron chi connectivity index (χ0n) is 8.65. The molecule has 2 atom stereocenters. The third kappa shape index (κ3) is 5.39. The second kappa shape index (κ2) is 6.35. The fraction of sp³-hybridized carbons (Fsp3) is 0.500. The van der Waals surface area contributed by atoms with E-state index in [0.29, 0.717) is 11.5 Å². The maximum Gasteiger partial charge on any atom is 0.0658 e. The number of nitrogens with zero attached hydrogens (tertiary/aromatic N) is 1. The Morgan fingerprint density at radius 3 is 2.87 bits per heavy atom. The van der Waals surface area contributed by atoms with Crippen LogP contribution in [-0.4, -0.2) is 21.0 Å². The highest BCUT2D eigenvalue weighted by molar-refractivity contribution is 9.10. The van der Waals surface area contributed by atoms with E-state index in [1.165, 1.54) is 0 Å². The van der Waals surface area contributed by atoms with Crippen LogP contribution in [0.5, 0.6) is 0 Å². The lowest BCUT2D eigenvalue weighted by Gasteiger charge is -2.04. The summed E-state index contributed by atoms with van der Waals surface area (Å²) in [6.45, 7) is 1.93. The lowest BCUT2D eigenvalue weighted by molar-refractivity contribution is 0.667. The number of hydrogen-bond donors (Lipinski definition) is 1. The Hall–Kier alpha value is -0.260. The molecule has 0 aliphatic heterocycles. The first-order chi connectivity index (χ1) is 7.08. The van der Waals surface area contributed by atoms with E-state index < -0.39 is 10.8 Å². The van der Waals surface area contributed by atoms with Gasteiger partial charge in [-0.2, -0.15) is 0 Å². The van der Waals surface area contributed by atoms with Crippen LogP contribution < -0.4 is 5.73 Å². The average molecular weight is 291 g/mol. The van der Waals surface area contributed by atoms with Crippen LogP contribution in [0.3, 0.4) is 0 Å². The van der Waals surface area contributed by atoms with Crippen molar-refractivity contribution >= 4 is 26.7 Å². The van der Waals surface area contributed by atoms with Crippen molar-refractivity contribution in [1.29, 1.82) is 0 Å². The number of rotatable bonds is 5. The van der Waals surface area contributed by atoms with Crippen LogP contribution in [0.15, 0.2) is 22.8 Å². The SMILES string of the molecule is CC(N)CCS(=O)Cc1ccc(Br)cn1. The number of hydrogen-bond acceptors (Lipinski definition) is 3. The maximum absolute atomic E-state index is 11.6. The summed E-state index contributed by atoms with van der Waals surface area (Å²) in [7, 11) is -0.856. The molecule has 0 fully saturated rings. The molecule has 2 unspecified atom stereocenters. The Balaban J connectivity index is 2.41. The third-order valence-electron chi connectivity index (χ3n) is 1.90. The average Bonchev–Trinajstić information content (AvgIpc) is 2.19. The van der Waals surface area contributed by atoms with E-state index in [1.54, 1.807) is 6.20 Å². The Bertz CT molecular complexity index is 327. The molecule has 0 saturated heterocycles. The van der Waals surface area contributed by atoms with Crippen molar-refractivity contribution in [3.8, 4) is 0 Å². The van der Waals surface area contributed by atoms with Crippen molar-refractivity contribution < 1.29 is 4.21 Å². The van der Waals surface area contributed by atoms with E-state index in [4.69, 9.17) is 5.73 Å². The van der Waals surface area contributed by atoms with Crippen molar-refractivity contribution in [2.24, 2.45) is 5.73 Å². The molecule has 0 aromatic carbocycles. The van der Waals surface area contributed by atoms with Gasteiger partial charge in [0.15, 0.2) is 0 Å². The molecule has 0 radical (unpaired) electrons. The Morgan fingerprint density at radius 1 is 1.60 bits per heavy atom. The molecule has 84 valence electrons. The van der Waals surface area contributed by atoms with E-state index in [0.717, 1.165) is 16.6 Å². The second-order valence-electron chi connectivity index (χ2n) is 3.52. The number of nitrogens with two attached hydrogens (primary N) is 1. The van der Waals surface area contributed by atoms with Crippen LogP contribution in [-0.2, 0) is 16.6 Å². The minimum Gasteiger partial charge on any atom is -0.328 e. The quantitative estimate of drug-likeness (QED) is 0.900. The second-order valence-corrected chi connectivity index (χ2v) is 6.01. The van der Waals surface area contributed by atoms with E-state index in [2.05, 4.69) is 20.9 Å². The van der Waals surface area contributed by atoms with Crippen LogP contribution in [0.4, 0.5) is 0 Å². The smallest absolute Gasteiger partial charge is 0.0658 e. The van der Waals surface area contributed by atoms with Gasteiger partial charge in [-0.3, -0.25) is 9.19 Å². The molecule has 1 aromatic rings. The largest absolute Gasteiger partial charge is 0.328 e. The summed E-state index contributed by atoms with van der Waals surface area (Å²) in [4.78, 5) is 4.17. The first kappa shape index (κ1) is 12.8. The van der Waals surface area contributed by atoms with Crippen molar-refractivity contribution in [2.45, 2.75) is 25.1 Å². The highest BCUT2D eigenvalue weighted by Gasteiger charge is 2.04. The summed E-state index contributed by atoms with van der Waals surface area (Å²) < 4.78 is 12.5. The maximum atomic E-state index is 11.6. The fourth-order valence-electron chi connectivity index (χ4n) is 1.05. The van der Waals surface area contributed by atoms with Crippen LogP contribution in [0.1, 0.15) is 19.0 Å². The van der Waals surface area contributed by atoms with Crippen LogP contribution in [0.2, 0.25) is 0 Å². The highest BCUT2D eigenvalue weighted by Crippen LogP contribution is 2.09. The van der Waals surface area contributed by atoms with Crippen LogP contribution in [0.25, 0.3) is 0 Å². The van der Waals surface area contributed by atoms with Crippen LogP contribution >= 0.6 is 15.9 Å². The summed E-state index contributed by atoms with van der Waals surface area (Å²) in [5.74, 6) is 1.16. The Morgan fingerprint density at radius 2 is 2.33 bits per heavy atom. The monoisotopic (exact) mass is 290 g/mol. The summed E-state index contributed by atoms with van der Waals surface area (Å²) in [6, 6.07) is 3.91. The molecular weight excluding hydrogens is 276 g/mol. The van der Waals surface area contributed by atoms with Gasteiger partial charge in [0.2, 0.25) is 0 Å². The number of aromatic nitrogens is 1. The first-order valence-corrected chi connectivity index (χ1v) is 7.07. The normalized spacial score (nSPS) is 14.9. The summed E-state index contributed by atoms with van der Waals surface area (Å²) in [5.41, 5.74) is 6.46. The molecule has 0 bridgehead atoms. The molecule has 0 aliphatic rings. The zero-order valence-corrected chi connectivity index (χ0v) is 11.1. The van der Waals surface area contributed by atoms with E-state index >= 15 is 0 Å². The molecule has 5 heteroatoms. The Kier molecular flexibility index (Phi) is 5.42. The predicted octanol–water partition coefficient (Wildman–Crippen LogP) is 1.83. The van der Waals surface area contributed by atoms with Crippen molar-refractivity contribution in [1.82, 2.24) is 4.98 Å². The standard InChI is InChI=1S/C10H15BrN2OS/c1-8(12)4-5-15(14)7-10-3-2-9(11)6-13-10/h2-3,6,8H,4-5,7,12H2,1H3. The molecule has 0 spiro atoms. The van der Waals surface area contributed by atoms with E-state index in [9.17, 15) is 4.21 Å². The van der Waals surface area contributed by atoms with Gasteiger partial charge in [-0.15, -0.1) is 0 Å². The number of halogens is 1. The molecule has 1 rings (SSSR count). The van der Waals surface area contributed by atoms with E-state index in [-0.39, 0.29) is 6.04 Å². The fourth-order valence-corrected chi connectivity index (χ4v) is 2.56. The molecule has 0 saturated carbocycles. The molecular formula is C10H15BrN2OS. The summed E-state index contributed by atoms with van der Waals surface area (Å²) >= 11 is 3.31. The highest BCUT2D eigenvalue weighted by atomic mass is 79.9. The van der Waals surface area contributed by atoms with Gasteiger partial charge in [-0.05, 0) is 41.4 Å². The van der Waals surface area contributed by atoms with Crippen molar-refractivity contribution in [3.05, 3.63) is 28.5 Å². The summed E-state index contributed by atoms with van der Waals surface area (Å²) in [5, 5.41) is 0. The molecule has 3 nitrogen and oxygen atoms in total. The Labute approximate surface area is 101 Å². The lowest BCUT2D eigenvalue weighted by atomic mass is 10.3. The van der Waals surface area contributed by atoms with Gasteiger partial charge < -0.3 is 5.73 Å². The minimum atomic E-state index is -0.856. The number of pyridine rings is 1. The molecule has 0 amide bonds. The van der Waals surface area contributed by atoms with Crippen molar-refractivity contribution in [3.63, 3.8) is 0 Å². The molecule has 1 aromatic heterocycles. The first-order valence-electron chi connectivity index (χ1n) is 4.79. The topological polar surface area (TPSA) is 56.0 Å². The lowest BCUT2D eigenvalue weighted by Crippen LogP contribution is -2.18. The van der Waals surface area contributed by atoms with Gasteiger partial charge in [0.1, 0.15) is 0 Å². The molecule has 1 heterocycles. The van der Waals surface area contributed by atoms with Gasteiger partial charge in [0.25, 0.3) is 0 Å². The van der Waals surface area contributed by atoms with Crippen molar-refractivity contribution in [2.75, 3.05) is 5.75 Å². The molecule has 2 N–H and O–H groups in total. The van der Waals surface area contributed by atoms with Gasteiger partial charge in [-0.1, -0.05) is 0 Å². The van der Waals surface area contributed by atoms with Gasteiger partial charge in [-0.25, -0.2) is 0 Å².